The van der Waals surface area contributed by atoms with Crippen LogP contribution in [0, 0.1) is 27.7 Å². The van der Waals surface area contributed by atoms with E-state index in [9.17, 15) is 0 Å². The molecule has 114 valence electrons. The van der Waals surface area contributed by atoms with Crippen LogP contribution < -0.4 is 5.32 Å². The van der Waals surface area contributed by atoms with Crippen LogP contribution in [0.15, 0.2) is 35.1 Å². The summed E-state index contributed by atoms with van der Waals surface area (Å²) in [6, 6.07) is 6.39. The molecular formula is C17H20N4O. The van der Waals surface area contributed by atoms with E-state index in [1.54, 1.807) is 6.26 Å². The molecule has 0 unspecified atom stereocenters. The number of aromatic nitrogens is 3. The van der Waals surface area contributed by atoms with Crippen molar-refractivity contribution in [2.75, 3.05) is 5.32 Å². The number of anilines is 1. The van der Waals surface area contributed by atoms with E-state index in [2.05, 4.69) is 54.4 Å². The van der Waals surface area contributed by atoms with Crippen LogP contribution in [0.3, 0.4) is 0 Å². The third kappa shape index (κ3) is 2.74. The number of hydrogen-bond acceptors (Lipinski definition) is 4. The largest absolute Gasteiger partial charge is 0.449 e. The van der Waals surface area contributed by atoms with Gasteiger partial charge in [0, 0.05) is 6.92 Å². The van der Waals surface area contributed by atoms with Crippen LogP contribution >= 0.6 is 0 Å². The summed E-state index contributed by atoms with van der Waals surface area (Å²) < 4.78 is 7.19. The highest BCUT2D eigenvalue weighted by atomic mass is 16.3. The molecule has 0 radical (unpaired) electrons. The molecule has 0 saturated heterocycles. The SMILES string of the molecule is Cc1ccc(C)c(-n2ncc(NCc3coc(C)n3)c2C)c1. The van der Waals surface area contributed by atoms with Crippen molar-refractivity contribution in [2.24, 2.45) is 0 Å². The lowest BCUT2D eigenvalue weighted by Crippen LogP contribution is -2.04. The highest BCUT2D eigenvalue weighted by molar-refractivity contribution is 5.52. The minimum Gasteiger partial charge on any atom is -0.449 e. The van der Waals surface area contributed by atoms with Crippen LogP contribution in [-0.2, 0) is 6.54 Å². The predicted octanol–water partition coefficient (Wildman–Crippen LogP) is 3.71. The molecule has 0 saturated carbocycles. The number of benzene rings is 1. The highest BCUT2D eigenvalue weighted by Gasteiger charge is 2.10. The first-order chi connectivity index (χ1) is 10.5. The summed E-state index contributed by atoms with van der Waals surface area (Å²) in [4.78, 5) is 4.29. The van der Waals surface area contributed by atoms with E-state index in [-0.39, 0.29) is 0 Å². The Morgan fingerprint density at radius 1 is 1.18 bits per heavy atom. The molecule has 5 nitrogen and oxygen atoms in total. The fourth-order valence-corrected chi connectivity index (χ4v) is 2.45. The fraction of sp³-hybridized carbons (Fsp3) is 0.294. The third-order valence-electron chi connectivity index (χ3n) is 3.73. The molecule has 0 aliphatic heterocycles. The molecule has 3 rings (SSSR count). The normalized spacial score (nSPS) is 10.9. The zero-order valence-electron chi connectivity index (χ0n) is 13.3. The topological polar surface area (TPSA) is 55.9 Å². The van der Waals surface area contributed by atoms with Crippen LogP contribution in [0.4, 0.5) is 5.69 Å². The van der Waals surface area contributed by atoms with Crippen molar-refractivity contribution in [2.45, 2.75) is 34.2 Å². The summed E-state index contributed by atoms with van der Waals surface area (Å²) in [5, 5.41) is 7.88. The molecule has 3 aromatic rings. The maximum Gasteiger partial charge on any atom is 0.191 e. The monoisotopic (exact) mass is 296 g/mol. The van der Waals surface area contributed by atoms with Crippen molar-refractivity contribution in [1.29, 1.82) is 0 Å². The van der Waals surface area contributed by atoms with Crippen LogP contribution in [-0.4, -0.2) is 14.8 Å². The minimum absolute atomic E-state index is 0.622. The second kappa shape index (κ2) is 5.67. The van der Waals surface area contributed by atoms with E-state index in [1.165, 1.54) is 11.1 Å². The number of oxazole rings is 1. The minimum atomic E-state index is 0.622. The molecule has 0 atom stereocenters. The van der Waals surface area contributed by atoms with E-state index >= 15 is 0 Å². The maximum absolute atomic E-state index is 5.21. The van der Waals surface area contributed by atoms with Crippen molar-refractivity contribution >= 4 is 5.69 Å². The molecule has 5 heteroatoms. The average molecular weight is 296 g/mol. The van der Waals surface area contributed by atoms with E-state index < -0.39 is 0 Å². The van der Waals surface area contributed by atoms with Gasteiger partial charge in [-0.05, 0) is 38.0 Å². The van der Waals surface area contributed by atoms with Gasteiger partial charge in [-0.15, -0.1) is 0 Å². The Balaban J connectivity index is 1.84. The van der Waals surface area contributed by atoms with Crippen molar-refractivity contribution in [1.82, 2.24) is 14.8 Å². The lowest BCUT2D eigenvalue weighted by atomic mass is 10.1. The first-order valence-electron chi connectivity index (χ1n) is 7.31. The molecule has 2 heterocycles. The summed E-state index contributed by atoms with van der Waals surface area (Å²) in [6.45, 7) is 8.71. The molecule has 22 heavy (non-hydrogen) atoms. The van der Waals surface area contributed by atoms with E-state index in [0.29, 0.717) is 12.4 Å². The lowest BCUT2D eigenvalue weighted by molar-refractivity contribution is 0.520. The zero-order valence-corrected chi connectivity index (χ0v) is 13.3. The Bertz CT molecular complexity index is 801. The number of nitrogens with zero attached hydrogens (tertiary/aromatic N) is 3. The van der Waals surface area contributed by atoms with Gasteiger partial charge in [-0.3, -0.25) is 0 Å². The van der Waals surface area contributed by atoms with Gasteiger partial charge in [-0.2, -0.15) is 5.10 Å². The van der Waals surface area contributed by atoms with Crippen molar-refractivity contribution < 1.29 is 4.42 Å². The first kappa shape index (κ1) is 14.4. The summed E-state index contributed by atoms with van der Waals surface area (Å²) in [6.07, 6.45) is 3.52. The average Bonchev–Trinajstić information content (AvgIpc) is 3.06. The Kier molecular flexibility index (Phi) is 3.71. The number of hydrogen-bond donors (Lipinski definition) is 1. The molecular weight excluding hydrogens is 276 g/mol. The van der Waals surface area contributed by atoms with E-state index in [4.69, 9.17) is 4.42 Å². The quantitative estimate of drug-likeness (QED) is 0.797. The summed E-state index contributed by atoms with van der Waals surface area (Å²) >= 11 is 0. The van der Waals surface area contributed by atoms with Crippen LogP contribution in [0.5, 0.6) is 0 Å². The first-order valence-corrected chi connectivity index (χ1v) is 7.31. The Morgan fingerprint density at radius 3 is 2.73 bits per heavy atom. The van der Waals surface area contributed by atoms with Crippen LogP contribution in [0.25, 0.3) is 5.69 Å². The van der Waals surface area contributed by atoms with Gasteiger partial charge in [0.1, 0.15) is 6.26 Å². The number of nitrogens with one attached hydrogen (secondary N) is 1. The summed E-state index contributed by atoms with van der Waals surface area (Å²) in [7, 11) is 0. The van der Waals surface area contributed by atoms with Gasteiger partial charge < -0.3 is 9.73 Å². The highest BCUT2D eigenvalue weighted by Crippen LogP contribution is 2.22. The smallest absolute Gasteiger partial charge is 0.191 e. The van der Waals surface area contributed by atoms with Crippen molar-refractivity contribution in [3.63, 3.8) is 0 Å². The Labute approximate surface area is 130 Å². The molecule has 2 aromatic heterocycles. The molecule has 1 N–H and O–H groups in total. The number of aryl methyl sites for hydroxylation is 3. The van der Waals surface area contributed by atoms with Gasteiger partial charge in [-0.1, -0.05) is 12.1 Å². The van der Waals surface area contributed by atoms with Gasteiger partial charge in [0.2, 0.25) is 0 Å². The molecule has 1 aromatic carbocycles. The standard InChI is InChI=1S/C17H20N4O/c1-11-5-6-12(2)17(7-11)21-13(3)16(9-19-21)18-8-15-10-22-14(4)20-15/h5-7,9-10,18H,8H2,1-4H3. The van der Waals surface area contributed by atoms with Crippen LogP contribution in [0.2, 0.25) is 0 Å². The second-order valence-electron chi connectivity index (χ2n) is 5.56. The van der Waals surface area contributed by atoms with Gasteiger partial charge in [0.05, 0.1) is 35.5 Å². The zero-order chi connectivity index (χ0) is 15.7. The Morgan fingerprint density at radius 2 is 2.00 bits per heavy atom. The third-order valence-corrected chi connectivity index (χ3v) is 3.73. The summed E-state index contributed by atoms with van der Waals surface area (Å²) in [5.41, 5.74) is 6.51. The Hall–Kier alpha value is -2.56. The maximum atomic E-state index is 5.21. The van der Waals surface area contributed by atoms with Gasteiger partial charge in [0.25, 0.3) is 0 Å². The van der Waals surface area contributed by atoms with E-state index in [1.807, 2.05) is 17.8 Å². The fourth-order valence-electron chi connectivity index (χ4n) is 2.45. The molecule has 0 amide bonds. The number of rotatable bonds is 4. The predicted molar refractivity (Wildman–Crippen MR) is 86.3 cm³/mol. The molecule has 0 fully saturated rings. The molecule has 0 bridgehead atoms. The van der Waals surface area contributed by atoms with Gasteiger partial charge in [-0.25, -0.2) is 9.67 Å². The van der Waals surface area contributed by atoms with E-state index in [0.717, 1.165) is 22.8 Å². The van der Waals surface area contributed by atoms with Crippen LogP contribution in [0.1, 0.15) is 28.4 Å². The summed E-state index contributed by atoms with van der Waals surface area (Å²) in [5.74, 6) is 0.680. The molecule has 0 aliphatic carbocycles. The lowest BCUT2D eigenvalue weighted by Gasteiger charge is -2.10. The second-order valence-corrected chi connectivity index (χ2v) is 5.56. The van der Waals surface area contributed by atoms with Crippen molar-refractivity contribution in [3.8, 4) is 5.69 Å². The van der Waals surface area contributed by atoms with Gasteiger partial charge in [0.15, 0.2) is 5.89 Å². The van der Waals surface area contributed by atoms with Crippen molar-refractivity contribution in [3.05, 3.63) is 59.1 Å². The molecule has 0 spiro atoms. The molecule has 0 aliphatic rings. The van der Waals surface area contributed by atoms with Gasteiger partial charge >= 0.3 is 0 Å².